The first kappa shape index (κ1) is 25.3. The van der Waals surface area contributed by atoms with Gasteiger partial charge in [-0.15, -0.1) is 0 Å². The first-order valence-corrected chi connectivity index (χ1v) is 13.5. The summed E-state index contributed by atoms with van der Waals surface area (Å²) in [6.45, 7) is 5.87. The average Bonchev–Trinajstić information content (AvgIpc) is 3.17. The molecule has 0 aliphatic carbocycles. The Morgan fingerprint density at radius 3 is 2.39 bits per heavy atom. The van der Waals surface area contributed by atoms with Crippen molar-refractivity contribution in [2.75, 3.05) is 11.3 Å². The third-order valence-corrected chi connectivity index (χ3v) is 7.97. The van der Waals surface area contributed by atoms with Crippen molar-refractivity contribution in [1.82, 2.24) is 4.57 Å². The highest BCUT2D eigenvalue weighted by atomic mass is 32.2. The standard InChI is InChI=1S/C26H25N3O5S2/c1-4-34-23(30)16-29-22-15-17(2)14-18(3)24(22)35-26(29)27-25(31)19-10-12-20(13-11-19)28-36(32,33)21-8-6-5-7-9-21/h5-15,28H,4,16H2,1-3H3. The van der Waals surface area contributed by atoms with Crippen molar-refractivity contribution in [2.45, 2.75) is 32.2 Å². The lowest BCUT2D eigenvalue weighted by Gasteiger charge is -2.08. The van der Waals surface area contributed by atoms with Crippen LogP contribution in [-0.4, -0.2) is 31.5 Å². The Balaban J connectivity index is 1.66. The van der Waals surface area contributed by atoms with Crippen LogP contribution in [0.2, 0.25) is 0 Å². The molecule has 0 saturated heterocycles. The Kier molecular flexibility index (Phi) is 7.37. The van der Waals surface area contributed by atoms with E-state index in [1.165, 1.54) is 47.7 Å². The van der Waals surface area contributed by atoms with Gasteiger partial charge in [0.05, 0.1) is 21.7 Å². The van der Waals surface area contributed by atoms with E-state index in [2.05, 4.69) is 9.71 Å². The second-order valence-corrected chi connectivity index (χ2v) is 10.8. The zero-order chi connectivity index (χ0) is 25.9. The molecule has 1 aromatic heterocycles. The molecule has 10 heteroatoms. The lowest BCUT2D eigenvalue weighted by Crippen LogP contribution is -2.23. The molecule has 1 amide bonds. The molecule has 0 saturated carbocycles. The quantitative estimate of drug-likeness (QED) is 0.361. The summed E-state index contributed by atoms with van der Waals surface area (Å²) in [6.07, 6.45) is 0. The van der Waals surface area contributed by atoms with Gasteiger partial charge in [-0.05, 0) is 74.4 Å². The van der Waals surface area contributed by atoms with Gasteiger partial charge in [0.15, 0.2) is 4.80 Å². The summed E-state index contributed by atoms with van der Waals surface area (Å²) in [6, 6.07) is 18.0. The molecule has 4 rings (SSSR count). The number of carbonyl (C=O) groups is 2. The van der Waals surface area contributed by atoms with Crippen LogP contribution in [0.3, 0.4) is 0 Å². The number of esters is 1. The van der Waals surface area contributed by atoms with E-state index >= 15 is 0 Å². The lowest BCUT2D eigenvalue weighted by molar-refractivity contribution is -0.143. The molecule has 0 atom stereocenters. The number of nitrogens with zero attached hydrogens (tertiary/aromatic N) is 2. The number of ether oxygens (including phenoxy) is 1. The first-order valence-electron chi connectivity index (χ1n) is 11.2. The Morgan fingerprint density at radius 1 is 1.03 bits per heavy atom. The fraction of sp³-hybridized carbons (Fsp3) is 0.192. The summed E-state index contributed by atoms with van der Waals surface area (Å²) in [7, 11) is -3.74. The van der Waals surface area contributed by atoms with Gasteiger partial charge in [-0.25, -0.2) is 8.42 Å². The number of rotatable bonds is 7. The summed E-state index contributed by atoms with van der Waals surface area (Å²) in [5.41, 5.74) is 3.47. The molecule has 36 heavy (non-hydrogen) atoms. The minimum Gasteiger partial charge on any atom is -0.465 e. The van der Waals surface area contributed by atoms with E-state index in [1.54, 1.807) is 29.7 Å². The van der Waals surface area contributed by atoms with Crippen LogP contribution in [0.1, 0.15) is 28.4 Å². The Hall–Kier alpha value is -3.76. The van der Waals surface area contributed by atoms with Crippen molar-refractivity contribution >= 4 is 49.1 Å². The monoisotopic (exact) mass is 523 g/mol. The van der Waals surface area contributed by atoms with Gasteiger partial charge in [-0.2, -0.15) is 4.99 Å². The van der Waals surface area contributed by atoms with Gasteiger partial charge in [0.25, 0.3) is 15.9 Å². The molecule has 4 aromatic rings. The molecule has 3 aromatic carbocycles. The molecule has 1 heterocycles. The fourth-order valence-electron chi connectivity index (χ4n) is 3.73. The molecule has 0 spiro atoms. The number of nitrogens with one attached hydrogen (secondary N) is 1. The maximum Gasteiger partial charge on any atom is 0.326 e. The molecule has 0 radical (unpaired) electrons. The van der Waals surface area contributed by atoms with E-state index in [9.17, 15) is 18.0 Å². The molecule has 0 bridgehead atoms. The van der Waals surface area contributed by atoms with Crippen molar-refractivity contribution < 1.29 is 22.7 Å². The largest absolute Gasteiger partial charge is 0.465 e. The maximum atomic E-state index is 13.0. The molecule has 0 fully saturated rings. The van der Waals surface area contributed by atoms with Crippen LogP contribution < -0.4 is 9.52 Å². The summed E-state index contributed by atoms with van der Waals surface area (Å²) >= 11 is 1.33. The van der Waals surface area contributed by atoms with Crippen LogP contribution in [0, 0.1) is 13.8 Å². The predicted octanol–water partition coefficient (Wildman–Crippen LogP) is 4.42. The summed E-state index contributed by atoms with van der Waals surface area (Å²) in [5, 5.41) is 0. The van der Waals surface area contributed by atoms with Crippen molar-refractivity contribution in [3.8, 4) is 0 Å². The maximum absolute atomic E-state index is 13.0. The smallest absolute Gasteiger partial charge is 0.326 e. The number of thiazole rings is 1. The number of hydrogen-bond acceptors (Lipinski definition) is 6. The highest BCUT2D eigenvalue weighted by Crippen LogP contribution is 2.24. The molecular formula is C26H25N3O5S2. The molecule has 0 unspecified atom stereocenters. The second kappa shape index (κ2) is 10.5. The van der Waals surface area contributed by atoms with Gasteiger partial charge in [0.1, 0.15) is 6.54 Å². The SMILES string of the molecule is CCOC(=O)Cn1c(=NC(=O)c2ccc(NS(=O)(=O)c3ccccc3)cc2)sc2c(C)cc(C)cc21. The van der Waals surface area contributed by atoms with Crippen LogP contribution in [0.4, 0.5) is 5.69 Å². The van der Waals surface area contributed by atoms with Crippen LogP contribution in [0.5, 0.6) is 0 Å². The van der Waals surface area contributed by atoms with E-state index in [0.29, 0.717) is 10.5 Å². The number of amides is 1. The van der Waals surface area contributed by atoms with Gasteiger partial charge < -0.3 is 9.30 Å². The van der Waals surface area contributed by atoms with E-state index in [0.717, 1.165) is 21.3 Å². The minimum atomic E-state index is -3.74. The third kappa shape index (κ3) is 5.55. The summed E-state index contributed by atoms with van der Waals surface area (Å²) in [4.78, 5) is 30.1. The molecule has 8 nitrogen and oxygen atoms in total. The average molecular weight is 524 g/mol. The number of sulfonamides is 1. The fourth-order valence-corrected chi connectivity index (χ4v) is 5.89. The molecule has 186 valence electrons. The minimum absolute atomic E-state index is 0.0664. The number of aromatic nitrogens is 1. The van der Waals surface area contributed by atoms with Crippen LogP contribution in [-0.2, 0) is 26.1 Å². The number of anilines is 1. The van der Waals surface area contributed by atoms with E-state index in [1.807, 2.05) is 26.0 Å². The molecular weight excluding hydrogens is 498 g/mol. The lowest BCUT2D eigenvalue weighted by atomic mass is 10.1. The highest BCUT2D eigenvalue weighted by Gasteiger charge is 2.16. The summed E-state index contributed by atoms with van der Waals surface area (Å²) < 4.78 is 35.3. The zero-order valence-corrected chi connectivity index (χ0v) is 21.7. The topological polar surface area (TPSA) is 107 Å². The van der Waals surface area contributed by atoms with E-state index in [-0.39, 0.29) is 23.6 Å². The highest BCUT2D eigenvalue weighted by molar-refractivity contribution is 7.92. The van der Waals surface area contributed by atoms with Crippen LogP contribution in [0.25, 0.3) is 10.2 Å². The number of carbonyl (C=O) groups excluding carboxylic acids is 2. The number of hydrogen-bond donors (Lipinski definition) is 1. The van der Waals surface area contributed by atoms with E-state index in [4.69, 9.17) is 4.74 Å². The Bertz CT molecular complexity index is 1600. The Morgan fingerprint density at radius 2 is 1.72 bits per heavy atom. The van der Waals surface area contributed by atoms with Crippen molar-refractivity contribution in [1.29, 1.82) is 0 Å². The normalized spacial score (nSPS) is 12.0. The van der Waals surface area contributed by atoms with Gasteiger partial charge in [-0.3, -0.25) is 14.3 Å². The van der Waals surface area contributed by atoms with Crippen LogP contribution in [0.15, 0.2) is 76.6 Å². The van der Waals surface area contributed by atoms with Gasteiger partial charge in [-0.1, -0.05) is 35.6 Å². The summed E-state index contributed by atoms with van der Waals surface area (Å²) in [5.74, 6) is -0.925. The number of fused-ring (bicyclic) bond motifs is 1. The van der Waals surface area contributed by atoms with Gasteiger partial charge >= 0.3 is 5.97 Å². The van der Waals surface area contributed by atoms with Crippen molar-refractivity contribution in [2.24, 2.45) is 4.99 Å². The predicted molar refractivity (Wildman–Crippen MR) is 140 cm³/mol. The molecule has 0 aliphatic heterocycles. The van der Waals surface area contributed by atoms with Crippen molar-refractivity contribution in [3.05, 3.63) is 88.2 Å². The van der Waals surface area contributed by atoms with Crippen LogP contribution >= 0.6 is 11.3 Å². The molecule has 1 N–H and O–H groups in total. The number of aryl methyl sites for hydroxylation is 2. The second-order valence-electron chi connectivity index (χ2n) is 8.12. The molecule has 0 aliphatic rings. The Labute approximate surface area is 212 Å². The third-order valence-electron chi connectivity index (χ3n) is 5.34. The number of benzene rings is 3. The van der Waals surface area contributed by atoms with E-state index < -0.39 is 21.9 Å². The van der Waals surface area contributed by atoms with Crippen molar-refractivity contribution in [3.63, 3.8) is 0 Å². The zero-order valence-electron chi connectivity index (χ0n) is 20.0. The van der Waals surface area contributed by atoms with Gasteiger partial charge in [0.2, 0.25) is 0 Å². The first-order chi connectivity index (χ1) is 17.2. The van der Waals surface area contributed by atoms with Gasteiger partial charge in [0, 0.05) is 11.3 Å².